The highest BCUT2D eigenvalue weighted by Crippen LogP contribution is 2.19. The van der Waals surface area contributed by atoms with E-state index in [-0.39, 0.29) is 18.9 Å². The number of rotatable bonds is 5. The molecule has 0 aliphatic heterocycles. The number of esters is 1. The first kappa shape index (κ1) is 14.3. The molecule has 106 valence electrons. The molecule has 2 rings (SSSR count). The Morgan fingerprint density at radius 1 is 1.29 bits per heavy atom. The Morgan fingerprint density at radius 3 is 2.86 bits per heavy atom. The van der Waals surface area contributed by atoms with Crippen LogP contribution in [0.4, 0.5) is 5.69 Å². The van der Waals surface area contributed by atoms with Gasteiger partial charge >= 0.3 is 5.97 Å². The van der Waals surface area contributed by atoms with Crippen LogP contribution in [0.2, 0.25) is 0 Å². The van der Waals surface area contributed by atoms with Crippen LogP contribution in [0.3, 0.4) is 0 Å². The zero-order valence-corrected chi connectivity index (χ0v) is 11.2. The minimum Gasteiger partial charge on any atom is -0.480 e. The molecular weight excluding hydrogens is 270 g/mol. The van der Waals surface area contributed by atoms with E-state index in [1.807, 2.05) is 6.07 Å². The number of para-hydroxylation sites is 2. The molecule has 0 radical (unpaired) electrons. The number of carbonyl (C=O) groups excluding carboxylic acids is 1. The predicted octanol–water partition coefficient (Wildman–Crippen LogP) is 1.66. The van der Waals surface area contributed by atoms with Gasteiger partial charge < -0.3 is 15.2 Å². The van der Waals surface area contributed by atoms with Crippen molar-refractivity contribution >= 4 is 11.7 Å². The number of pyridine rings is 1. The average Bonchev–Trinajstić information content (AvgIpc) is 2.52. The van der Waals surface area contributed by atoms with E-state index in [1.165, 1.54) is 6.20 Å². The Kier molecular flexibility index (Phi) is 4.72. The molecule has 0 saturated carbocycles. The van der Waals surface area contributed by atoms with Crippen LogP contribution < -0.4 is 10.5 Å². The van der Waals surface area contributed by atoms with Crippen LogP contribution in [0.1, 0.15) is 11.3 Å². The third-order valence-electron chi connectivity index (χ3n) is 2.65. The van der Waals surface area contributed by atoms with Crippen molar-refractivity contribution in [2.45, 2.75) is 6.61 Å². The molecule has 0 fully saturated rings. The number of nitriles is 1. The van der Waals surface area contributed by atoms with Crippen molar-refractivity contribution < 1.29 is 14.3 Å². The van der Waals surface area contributed by atoms with Gasteiger partial charge in [0, 0.05) is 11.8 Å². The topological polar surface area (TPSA) is 98.2 Å². The summed E-state index contributed by atoms with van der Waals surface area (Å²) in [6.45, 7) is -0.278. The Morgan fingerprint density at radius 2 is 2.10 bits per heavy atom. The number of benzene rings is 1. The van der Waals surface area contributed by atoms with Gasteiger partial charge in [0.25, 0.3) is 0 Å². The van der Waals surface area contributed by atoms with E-state index in [1.54, 1.807) is 36.4 Å². The molecule has 1 aromatic heterocycles. The molecule has 6 nitrogen and oxygen atoms in total. The van der Waals surface area contributed by atoms with Gasteiger partial charge in [-0.2, -0.15) is 5.26 Å². The molecule has 2 aromatic rings. The van der Waals surface area contributed by atoms with Crippen LogP contribution in [-0.4, -0.2) is 17.6 Å². The van der Waals surface area contributed by atoms with E-state index in [9.17, 15) is 4.79 Å². The van der Waals surface area contributed by atoms with E-state index >= 15 is 0 Å². The maximum Gasteiger partial charge on any atom is 0.344 e. The number of anilines is 1. The van der Waals surface area contributed by atoms with Gasteiger partial charge in [0.15, 0.2) is 6.61 Å². The summed E-state index contributed by atoms with van der Waals surface area (Å²) >= 11 is 0. The smallest absolute Gasteiger partial charge is 0.344 e. The molecular formula is C15H13N3O3. The zero-order valence-electron chi connectivity index (χ0n) is 11.2. The number of nitrogens with two attached hydrogens (primary N) is 1. The predicted molar refractivity (Wildman–Crippen MR) is 75.1 cm³/mol. The molecule has 0 bridgehead atoms. The summed E-state index contributed by atoms with van der Waals surface area (Å²) in [5, 5.41) is 8.87. The van der Waals surface area contributed by atoms with Crippen molar-refractivity contribution in [2.24, 2.45) is 0 Å². The lowest BCUT2D eigenvalue weighted by Crippen LogP contribution is -2.15. The summed E-state index contributed by atoms with van der Waals surface area (Å²) in [6.07, 6.45) is 1.51. The van der Waals surface area contributed by atoms with Gasteiger partial charge in [0.2, 0.25) is 0 Å². The maximum absolute atomic E-state index is 11.6. The lowest BCUT2D eigenvalue weighted by atomic mass is 10.2. The summed E-state index contributed by atoms with van der Waals surface area (Å²) in [7, 11) is 0. The van der Waals surface area contributed by atoms with Gasteiger partial charge in [-0.25, -0.2) is 9.78 Å². The van der Waals surface area contributed by atoms with Gasteiger partial charge in [-0.3, -0.25) is 0 Å². The number of carbonyl (C=O) groups is 1. The normalized spacial score (nSPS) is 9.67. The van der Waals surface area contributed by atoms with Gasteiger partial charge in [0.05, 0.1) is 5.69 Å². The lowest BCUT2D eigenvalue weighted by Gasteiger charge is -2.09. The number of aromatic nitrogens is 1. The second kappa shape index (κ2) is 6.91. The summed E-state index contributed by atoms with van der Waals surface area (Å²) < 4.78 is 10.3. The van der Waals surface area contributed by atoms with E-state index in [0.717, 1.165) is 0 Å². The van der Waals surface area contributed by atoms with Crippen LogP contribution in [0, 0.1) is 11.3 Å². The molecule has 0 atom stereocenters. The molecule has 0 aliphatic carbocycles. The summed E-state index contributed by atoms with van der Waals surface area (Å²) in [4.78, 5) is 15.5. The van der Waals surface area contributed by atoms with E-state index < -0.39 is 5.97 Å². The van der Waals surface area contributed by atoms with E-state index in [0.29, 0.717) is 17.0 Å². The first-order valence-corrected chi connectivity index (χ1v) is 6.17. The van der Waals surface area contributed by atoms with E-state index in [4.69, 9.17) is 20.5 Å². The van der Waals surface area contributed by atoms with E-state index in [2.05, 4.69) is 4.98 Å². The van der Waals surface area contributed by atoms with Gasteiger partial charge in [-0.15, -0.1) is 0 Å². The number of nitrogen functional groups attached to an aromatic ring is 1. The Bertz CT molecular complexity index is 680. The number of nitrogens with zero attached hydrogens (tertiary/aromatic N) is 2. The Hall–Kier alpha value is -3.07. The van der Waals surface area contributed by atoms with Gasteiger partial charge in [-0.1, -0.05) is 18.2 Å². The fraction of sp³-hybridized carbons (Fsp3) is 0.133. The van der Waals surface area contributed by atoms with Crippen LogP contribution >= 0.6 is 0 Å². The first-order valence-electron chi connectivity index (χ1n) is 6.17. The summed E-state index contributed by atoms with van der Waals surface area (Å²) in [5.41, 5.74) is 6.92. The largest absolute Gasteiger partial charge is 0.480 e. The van der Waals surface area contributed by atoms with Crippen molar-refractivity contribution in [1.29, 1.82) is 5.26 Å². The Balaban J connectivity index is 1.86. The van der Waals surface area contributed by atoms with Crippen molar-refractivity contribution in [1.82, 2.24) is 4.98 Å². The highest BCUT2D eigenvalue weighted by molar-refractivity contribution is 5.71. The lowest BCUT2D eigenvalue weighted by molar-refractivity contribution is -0.147. The average molecular weight is 283 g/mol. The second-order valence-corrected chi connectivity index (χ2v) is 4.11. The highest BCUT2D eigenvalue weighted by atomic mass is 16.6. The minimum absolute atomic E-state index is 0.0246. The third kappa shape index (κ3) is 3.94. The molecule has 21 heavy (non-hydrogen) atoms. The fourth-order valence-corrected chi connectivity index (χ4v) is 1.60. The molecule has 1 heterocycles. The molecule has 0 unspecified atom stereocenters. The molecule has 0 amide bonds. The number of hydrogen-bond donors (Lipinski definition) is 1. The highest BCUT2D eigenvalue weighted by Gasteiger charge is 2.09. The van der Waals surface area contributed by atoms with Crippen LogP contribution in [0.15, 0.2) is 42.6 Å². The number of hydrogen-bond acceptors (Lipinski definition) is 6. The van der Waals surface area contributed by atoms with Crippen molar-refractivity contribution in [3.8, 4) is 11.8 Å². The standard InChI is InChI=1S/C15H13N3O3/c16-8-13-11(4-3-7-18-13)9-21-15(19)10-20-14-6-2-1-5-12(14)17/h1-7H,9-10,17H2. The van der Waals surface area contributed by atoms with Crippen LogP contribution in [0.25, 0.3) is 0 Å². The third-order valence-corrected chi connectivity index (χ3v) is 2.65. The first-order chi connectivity index (χ1) is 10.2. The molecule has 0 spiro atoms. The molecule has 1 aromatic carbocycles. The van der Waals surface area contributed by atoms with Gasteiger partial charge in [-0.05, 0) is 18.2 Å². The fourth-order valence-electron chi connectivity index (χ4n) is 1.60. The van der Waals surface area contributed by atoms with Crippen molar-refractivity contribution in [2.75, 3.05) is 12.3 Å². The zero-order chi connectivity index (χ0) is 15.1. The van der Waals surface area contributed by atoms with Gasteiger partial charge in [0.1, 0.15) is 24.1 Å². The van der Waals surface area contributed by atoms with Crippen LogP contribution in [-0.2, 0) is 16.1 Å². The molecule has 2 N–H and O–H groups in total. The summed E-state index contributed by atoms with van der Waals surface area (Å²) in [6, 6.07) is 12.1. The second-order valence-electron chi connectivity index (χ2n) is 4.11. The Labute approximate surface area is 121 Å². The quantitative estimate of drug-likeness (QED) is 0.662. The monoisotopic (exact) mass is 283 g/mol. The molecule has 0 saturated heterocycles. The maximum atomic E-state index is 11.6. The van der Waals surface area contributed by atoms with Crippen LogP contribution in [0.5, 0.6) is 5.75 Å². The SMILES string of the molecule is N#Cc1ncccc1COC(=O)COc1ccccc1N. The van der Waals surface area contributed by atoms with Crippen molar-refractivity contribution in [3.05, 3.63) is 53.9 Å². The molecule has 6 heteroatoms. The number of ether oxygens (including phenoxy) is 2. The van der Waals surface area contributed by atoms with Crippen molar-refractivity contribution in [3.63, 3.8) is 0 Å². The summed E-state index contributed by atoms with van der Waals surface area (Å²) in [5.74, 6) is -0.125. The molecule has 0 aliphatic rings. The minimum atomic E-state index is -0.550.